The zero-order valence-electron chi connectivity index (χ0n) is 8.28. The van der Waals surface area contributed by atoms with E-state index in [1.807, 2.05) is 0 Å². The summed E-state index contributed by atoms with van der Waals surface area (Å²) >= 11 is 0. The van der Waals surface area contributed by atoms with Gasteiger partial charge < -0.3 is 0 Å². The fraction of sp³-hybridized carbons (Fsp3) is 0.143. The highest BCUT2D eigenvalue weighted by molar-refractivity contribution is 8.13. The number of rotatable bonds is 3. The average molecular weight is 281 g/mol. The van der Waals surface area contributed by atoms with Gasteiger partial charge in [0, 0.05) is 16.7 Å². The Morgan fingerprint density at radius 3 is 2.06 bits per heavy atom. The van der Waals surface area contributed by atoms with E-state index in [2.05, 4.69) is 0 Å². The number of hydrogen-bond donors (Lipinski definition) is 0. The third-order valence-corrected chi connectivity index (χ3v) is 3.40. The van der Waals surface area contributed by atoms with E-state index in [1.54, 1.807) is 0 Å². The second-order valence-corrected chi connectivity index (χ2v) is 5.53. The van der Waals surface area contributed by atoms with Gasteiger partial charge in [-0.15, -0.1) is 0 Å². The van der Waals surface area contributed by atoms with E-state index in [0.29, 0.717) is 0 Å². The van der Waals surface area contributed by atoms with Gasteiger partial charge in [-0.2, -0.15) is 0 Å². The van der Waals surface area contributed by atoms with Gasteiger partial charge in [-0.25, -0.2) is 8.42 Å². The molecule has 0 radical (unpaired) electrons. The molecule has 1 aromatic carbocycles. The zero-order chi connectivity index (χ0) is 13.4. The molecule has 0 aliphatic heterocycles. The molecule has 0 amide bonds. The Morgan fingerprint density at radius 2 is 1.71 bits per heavy atom. The number of benzene rings is 1. The standard InChI is InChI=1S/C7H5ClN2O6S/c1-4-2-3-5(9(11)12)6(10(13)14)7(4)17(8,15)16/h2-3H,1H3. The van der Waals surface area contributed by atoms with E-state index >= 15 is 0 Å². The average Bonchev–Trinajstić information content (AvgIpc) is 2.14. The van der Waals surface area contributed by atoms with Gasteiger partial charge in [0.05, 0.1) is 9.85 Å². The molecule has 1 rings (SSSR count). The van der Waals surface area contributed by atoms with Crippen molar-refractivity contribution in [3.8, 4) is 0 Å². The Bertz CT molecular complexity index is 611. The number of aryl methyl sites for hydroxylation is 1. The van der Waals surface area contributed by atoms with Gasteiger partial charge >= 0.3 is 11.4 Å². The lowest BCUT2D eigenvalue weighted by molar-refractivity contribution is -0.424. The van der Waals surface area contributed by atoms with E-state index in [-0.39, 0.29) is 5.56 Å². The number of nitrogens with zero attached hydrogens (tertiary/aromatic N) is 2. The summed E-state index contributed by atoms with van der Waals surface area (Å²) in [5, 5.41) is 21.3. The first-order valence-corrected chi connectivity index (χ1v) is 6.34. The van der Waals surface area contributed by atoms with Crippen LogP contribution < -0.4 is 0 Å². The molecule has 0 aliphatic rings. The molecule has 10 heteroatoms. The Kier molecular flexibility index (Phi) is 3.34. The van der Waals surface area contributed by atoms with Gasteiger partial charge in [0.1, 0.15) is 0 Å². The fourth-order valence-corrected chi connectivity index (χ4v) is 2.74. The lowest BCUT2D eigenvalue weighted by atomic mass is 10.2. The molecule has 0 spiro atoms. The van der Waals surface area contributed by atoms with Crippen molar-refractivity contribution < 1.29 is 18.3 Å². The number of halogens is 1. The summed E-state index contributed by atoms with van der Waals surface area (Å²) in [5.74, 6) is 0. The summed E-state index contributed by atoms with van der Waals surface area (Å²) < 4.78 is 22.4. The van der Waals surface area contributed by atoms with Gasteiger partial charge in [0.2, 0.25) is 0 Å². The van der Waals surface area contributed by atoms with Crippen LogP contribution in [0.4, 0.5) is 11.4 Å². The summed E-state index contributed by atoms with van der Waals surface area (Å²) in [6, 6.07) is 1.94. The molecule has 1 aromatic rings. The van der Waals surface area contributed by atoms with Crippen LogP contribution in [-0.2, 0) is 9.05 Å². The number of hydrogen-bond acceptors (Lipinski definition) is 6. The highest BCUT2D eigenvalue weighted by atomic mass is 35.7. The molecular weight excluding hydrogens is 276 g/mol. The van der Waals surface area contributed by atoms with Gasteiger partial charge in [-0.1, -0.05) is 6.07 Å². The molecule has 0 atom stereocenters. The van der Waals surface area contributed by atoms with E-state index in [1.165, 1.54) is 6.92 Å². The quantitative estimate of drug-likeness (QED) is 0.472. The van der Waals surface area contributed by atoms with Crippen molar-refractivity contribution in [1.29, 1.82) is 0 Å². The number of nitro benzene ring substituents is 2. The maximum atomic E-state index is 11.2. The monoisotopic (exact) mass is 280 g/mol. The Hall–Kier alpha value is -1.74. The molecule has 0 saturated carbocycles. The highest BCUT2D eigenvalue weighted by Crippen LogP contribution is 2.37. The molecule has 0 fully saturated rings. The van der Waals surface area contributed by atoms with Crippen molar-refractivity contribution in [1.82, 2.24) is 0 Å². The van der Waals surface area contributed by atoms with Gasteiger partial charge in [0.25, 0.3) is 9.05 Å². The third kappa shape index (κ3) is 2.50. The van der Waals surface area contributed by atoms with Crippen LogP contribution in [0.15, 0.2) is 17.0 Å². The van der Waals surface area contributed by atoms with Gasteiger partial charge in [-0.05, 0) is 12.5 Å². The molecule has 92 valence electrons. The molecule has 0 unspecified atom stereocenters. The van der Waals surface area contributed by atoms with Crippen molar-refractivity contribution in [3.05, 3.63) is 37.9 Å². The minimum atomic E-state index is -4.44. The number of nitro groups is 2. The molecular formula is C7H5ClN2O6S. The second-order valence-electron chi connectivity index (χ2n) is 3.03. The molecule has 0 saturated heterocycles. The largest absolute Gasteiger partial charge is 0.366 e. The minimum absolute atomic E-state index is 0.0303. The second kappa shape index (κ2) is 4.26. The highest BCUT2D eigenvalue weighted by Gasteiger charge is 2.35. The van der Waals surface area contributed by atoms with Crippen LogP contribution in [-0.4, -0.2) is 18.3 Å². The van der Waals surface area contributed by atoms with Crippen molar-refractivity contribution in [2.45, 2.75) is 11.8 Å². The molecule has 8 nitrogen and oxygen atoms in total. The predicted octanol–water partition coefficient (Wildman–Crippen LogP) is 1.74. The first-order chi connectivity index (χ1) is 7.66. The van der Waals surface area contributed by atoms with Crippen LogP contribution in [0.5, 0.6) is 0 Å². The lowest BCUT2D eigenvalue weighted by Gasteiger charge is -2.03. The zero-order valence-corrected chi connectivity index (χ0v) is 9.86. The smallest absolute Gasteiger partial charge is 0.258 e. The topological polar surface area (TPSA) is 120 Å². The Balaban J connectivity index is 3.86. The maximum Gasteiger partial charge on any atom is 0.366 e. The predicted molar refractivity (Wildman–Crippen MR) is 57.5 cm³/mol. The minimum Gasteiger partial charge on any atom is -0.258 e. The first kappa shape index (κ1) is 13.3. The molecule has 0 aliphatic carbocycles. The van der Waals surface area contributed by atoms with Crippen LogP contribution in [0.3, 0.4) is 0 Å². The molecule has 0 N–H and O–H groups in total. The first-order valence-electron chi connectivity index (χ1n) is 4.03. The van der Waals surface area contributed by atoms with Crippen molar-refractivity contribution >= 4 is 31.1 Å². The summed E-state index contributed by atoms with van der Waals surface area (Å²) in [6.07, 6.45) is 0. The molecule has 0 bridgehead atoms. The lowest BCUT2D eigenvalue weighted by Crippen LogP contribution is -2.05. The van der Waals surface area contributed by atoms with Crippen molar-refractivity contribution in [2.24, 2.45) is 0 Å². The summed E-state index contributed by atoms with van der Waals surface area (Å²) in [6.45, 7) is 1.26. The van der Waals surface area contributed by atoms with Crippen molar-refractivity contribution in [2.75, 3.05) is 0 Å². The van der Waals surface area contributed by atoms with Crippen LogP contribution >= 0.6 is 10.7 Å². The van der Waals surface area contributed by atoms with E-state index in [0.717, 1.165) is 12.1 Å². The van der Waals surface area contributed by atoms with E-state index in [4.69, 9.17) is 10.7 Å². The summed E-state index contributed by atoms with van der Waals surface area (Å²) in [5.41, 5.74) is -2.07. The van der Waals surface area contributed by atoms with Crippen LogP contribution in [0.25, 0.3) is 0 Å². The fourth-order valence-electron chi connectivity index (χ4n) is 1.29. The third-order valence-electron chi connectivity index (χ3n) is 1.93. The maximum absolute atomic E-state index is 11.2. The van der Waals surface area contributed by atoms with Gasteiger partial charge in [0.15, 0.2) is 4.90 Å². The van der Waals surface area contributed by atoms with E-state index in [9.17, 15) is 28.6 Å². The van der Waals surface area contributed by atoms with Crippen LogP contribution in [0, 0.1) is 27.2 Å². The van der Waals surface area contributed by atoms with Crippen LogP contribution in [0.2, 0.25) is 0 Å². The molecule has 0 heterocycles. The van der Waals surface area contributed by atoms with Gasteiger partial charge in [-0.3, -0.25) is 20.2 Å². The van der Waals surface area contributed by atoms with E-state index < -0.39 is 35.2 Å². The molecule has 0 aromatic heterocycles. The van der Waals surface area contributed by atoms with Crippen LogP contribution in [0.1, 0.15) is 5.56 Å². The summed E-state index contributed by atoms with van der Waals surface area (Å²) in [4.78, 5) is 18.3. The SMILES string of the molecule is Cc1ccc([N+](=O)[O-])c([N+](=O)[O-])c1S(=O)(=O)Cl. The summed E-state index contributed by atoms with van der Waals surface area (Å²) in [7, 11) is 0.596. The Labute approximate surface area is 99.5 Å². The van der Waals surface area contributed by atoms with Crippen molar-refractivity contribution in [3.63, 3.8) is 0 Å². The normalized spacial score (nSPS) is 11.2. The Morgan fingerprint density at radius 1 is 1.18 bits per heavy atom. The molecule has 17 heavy (non-hydrogen) atoms.